The van der Waals surface area contributed by atoms with Crippen LogP contribution in [-0.4, -0.2) is 37.2 Å². The summed E-state index contributed by atoms with van der Waals surface area (Å²) in [4.78, 5) is 37.5. The summed E-state index contributed by atoms with van der Waals surface area (Å²) in [6.45, 7) is 6.32. The van der Waals surface area contributed by atoms with Gasteiger partial charge in [0.25, 0.3) is 0 Å². The van der Waals surface area contributed by atoms with E-state index in [4.69, 9.17) is 14.2 Å². The molecule has 0 aliphatic carbocycles. The molecule has 0 radical (unpaired) electrons. The van der Waals surface area contributed by atoms with Crippen LogP contribution in [0.3, 0.4) is 0 Å². The van der Waals surface area contributed by atoms with Crippen LogP contribution < -0.4 is 0 Å². The average molecular weight is 757 g/mol. The van der Waals surface area contributed by atoms with Crippen molar-refractivity contribution in [2.75, 3.05) is 13.2 Å². The molecular weight excluding hydrogens is 673 g/mol. The number of rotatable bonds is 40. The summed E-state index contributed by atoms with van der Waals surface area (Å²) >= 11 is 0. The highest BCUT2D eigenvalue weighted by Crippen LogP contribution is 2.15. The smallest absolute Gasteiger partial charge is 0.306 e. The van der Waals surface area contributed by atoms with E-state index in [2.05, 4.69) is 69.4 Å². The van der Waals surface area contributed by atoms with Gasteiger partial charge < -0.3 is 14.2 Å². The van der Waals surface area contributed by atoms with Gasteiger partial charge in [-0.05, 0) is 70.6 Å². The lowest BCUT2D eigenvalue weighted by Gasteiger charge is -2.18. The second-order valence-electron chi connectivity index (χ2n) is 14.9. The van der Waals surface area contributed by atoms with Crippen LogP contribution in [0.1, 0.15) is 220 Å². The van der Waals surface area contributed by atoms with Gasteiger partial charge in [-0.2, -0.15) is 0 Å². The minimum atomic E-state index is -0.796. The first-order chi connectivity index (χ1) is 26.5. The Kier molecular flexibility index (Phi) is 41.0. The van der Waals surface area contributed by atoms with Crippen LogP contribution in [-0.2, 0) is 28.6 Å². The number of hydrogen-bond acceptors (Lipinski definition) is 6. The predicted molar refractivity (Wildman–Crippen MR) is 229 cm³/mol. The molecule has 0 spiro atoms. The minimum Gasteiger partial charge on any atom is -0.462 e. The molecule has 0 N–H and O–H groups in total. The van der Waals surface area contributed by atoms with Crippen LogP contribution in [0.4, 0.5) is 0 Å². The Morgan fingerprint density at radius 2 is 0.722 bits per heavy atom. The molecule has 0 saturated carbocycles. The first-order valence-electron chi connectivity index (χ1n) is 22.6. The van der Waals surface area contributed by atoms with Crippen LogP contribution in [0.15, 0.2) is 48.6 Å². The lowest BCUT2D eigenvalue weighted by atomic mass is 10.0. The van der Waals surface area contributed by atoms with E-state index < -0.39 is 6.10 Å². The summed E-state index contributed by atoms with van der Waals surface area (Å²) in [6.07, 6.45) is 49.9. The summed E-state index contributed by atoms with van der Waals surface area (Å²) in [5, 5.41) is 0. The first kappa shape index (κ1) is 51.4. The molecule has 0 aromatic carbocycles. The molecule has 0 saturated heterocycles. The fourth-order valence-electron chi connectivity index (χ4n) is 6.22. The van der Waals surface area contributed by atoms with Crippen molar-refractivity contribution in [2.45, 2.75) is 226 Å². The molecule has 0 fully saturated rings. The Hall–Kier alpha value is -2.63. The third kappa shape index (κ3) is 40.6. The third-order valence-electron chi connectivity index (χ3n) is 9.58. The fourth-order valence-corrected chi connectivity index (χ4v) is 6.22. The topological polar surface area (TPSA) is 78.9 Å². The molecule has 0 rings (SSSR count). The van der Waals surface area contributed by atoms with E-state index in [-0.39, 0.29) is 37.5 Å². The number of carbonyl (C=O) groups excluding carboxylic acids is 3. The van der Waals surface area contributed by atoms with Gasteiger partial charge in [0, 0.05) is 19.3 Å². The second-order valence-corrected chi connectivity index (χ2v) is 14.9. The number of ether oxygens (including phenoxy) is 3. The fraction of sp³-hybridized carbons (Fsp3) is 0.771. The highest BCUT2D eigenvalue weighted by atomic mass is 16.6. The van der Waals surface area contributed by atoms with Gasteiger partial charge in [-0.15, -0.1) is 0 Å². The summed E-state index contributed by atoms with van der Waals surface area (Å²) in [7, 11) is 0. The normalized spacial score (nSPS) is 12.4. The summed E-state index contributed by atoms with van der Waals surface area (Å²) < 4.78 is 16.6. The van der Waals surface area contributed by atoms with Crippen molar-refractivity contribution in [1.29, 1.82) is 0 Å². The Labute approximate surface area is 333 Å². The molecule has 0 aromatic rings. The van der Waals surface area contributed by atoms with Gasteiger partial charge in [-0.3, -0.25) is 14.4 Å². The molecule has 0 aromatic heterocycles. The van der Waals surface area contributed by atoms with Crippen molar-refractivity contribution in [3.8, 4) is 0 Å². The van der Waals surface area contributed by atoms with E-state index in [1.54, 1.807) is 0 Å². The summed E-state index contributed by atoms with van der Waals surface area (Å²) in [5.74, 6) is -0.972. The van der Waals surface area contributed by atoms with Crippen LogP contribution in [0.25, 0.3) is 0 Å². The minimum absolute atomic E-state index is 0.0951. The van der Waals surface area contributed by atoms with E-state index >= 15 is 0 Å². The van der Waals surface area contributed by atoms with Gasteiger partial charge in [0.15, 0.2) is 6.10 Å². The molecular formula is C48H84O6. The van der Waals surface area contributed by atoms with Crippen molar-refractivity contribution in [3.05, 3.63) is 48.6 Å². The van der Waals surface area contributed by atoms with Crippen LogP contribution in [0.5, 0.6) is 0 Å². The molecule has 1 unspecified atom stereocenters. The van der Waals surface area contributed by atoms with Gasteiger partial charge in [-0.1, -0.05) is 179 Å². The largest absolute Gasteiger partial charge is 0.462 e. The average Bonchev–Trinajstić information content (AvgIpc) is 3.17. The number of esters is 3. The molecule has 0 amide bonds. The zero-order valence-electron chi connectivity index (χ0n) is 35.5. The molecule has 0 heterocycles. The van der Waals surface area contributed by atoms with E-state index in [9.17, 15) is 14.4 Å². The van der Waals surface area contributed by atoms with Crippen LogP contribution in [0.2, 0.25) is 0 Å². The standard InChI is InChI=1S/C48H84O6/c1-4-7-10-13-16-19-20-21-22-23-24-25-26-27-30-32-35-38-41-47(50)53-44-45(54-48(51)42-39-36-33-29-18-15-12-9-6-3)43-52-46(49)40-37-34-31-28-17-14-11-8-5-2/h8-9,11-12,17-18,28-29,45H,4-7,10,13-16,19-27,30-44H2,1-3H3/b11-8-,12-9-,28-17-,29-18-. The van der Waals surface area contributed by atoms with E-state index in [0.717, 1.165) is 77.0 Å². The number of allylic oxidation sites excluding steroid dienone is 8. The van der Waals surface area contributed by atoms with Gasteiger partial charge in [0.1, 0.15) is 13.2 Å². The second kappa shape index (κ2) is 43.1. The van der Waals surface area contributed by atoms with Crippen molar-refractivity contribution in [1.82, 2.24) is 0 Å². The zero-order chi connectivity index (χ0) is 39.4. The first-order valence-corrected chi connectivity index (χ1v) is 22.6. The SMILES string of the molecule is CC/C=C\C/C=C\CCCCC(=O)OCC(COC(=O)CCCCCCCCCCCCCCCCCCCC)OC(=O)CCCC/C=C\C/C=C\CC. The van der Waals surface area contributed by atoms with E-state index in [1.165, 1.54) is 96.3 Å². The van der Waals surface area contributed by atoms with Gasteiger partial charge in [0.2, 0.25) is 0 Å². The number of unbranched alkanes of at least 4 members (excludes halogenated alkanes) is 21. The summed E-state index contributed by atoms with van der Waals surface area (Å²) in [5.41, 5.74) is 0. The molecule has 312 valence electrons. The lowest BCUT2D eigenvalue weighted by Crippen LogP contribution is -2.30. The van der Waals surface area contributed by atoms with Gasteiger partial charge in [-0.25, -0.2) is 0 Å². The predicted octanol–water partition coefficient (Wildman–Crippen LogP) is 14.4. The van der Waals surface area contributed by atoms with E-state index in [0.29, 0.717) is 19.3 Å². The molecule has 6 heteroatoms. The third-order valence-corrected chi connectivity index (χ3v) is 9.58. The van der Waals surface area contributed by atoms with Crippen molar-refractivity contribution < 1.29 is 28.6 Å². The molecule has 54 heavy (non-hydrogen) atoms. The maximum Gasteiger partial charge on any atom is 0.306 e. The molecule has 0 aliphatic rings. The Morgan fingerprint density at radius 3 is 1.11 bits per heavy atom. The Morgan fingerprint density at radius 1 is 0.389 bits per heavy atom. The molecule has 1 atom stereocenters. The summed E-state index contributed by atoms with van der Waals surface area (Å²) in [6, 6.07) is 0. The van der Waals surface area contributed by atoms with Crippen molar-refractivity contribution in [2.24, 2.45) is 0 Å². The Bertz CT molecular complexity index is 964. The quantitative estimate of drug-likeness (QED) is 0.0268. The van der Waals surface area contributed by atoms with Crippen LogP contribution in [0, 0.1) is 0 Å². The van der Waals surface area contributed by atoms with E-state index in [1.807, 2.05) is 0 Å². The highest BCUT2D eigenvalue weighted by molar-refractivity contribution is 5.71. The molecule has 0 aliphatic heterocycles. The Balaban J connectivity index is 4.27. The van der Waals surface area contributed by atoms with Gasteiger partial charge >= 0.3 is 17.9 Å². The molecule has 0 bridgehead atoms. The molecule has 6 nitrogen and oxygen atoms in total. The zero-order valence-corrected chi connectivity index (χ0v) is 35.5. The van der Waals surface area contributed by atoms with Crippen molar-refractivity contribution >= 4 is 17.9 Å². The van der Waals surface area contributed by atoms with Gasteiger partial charge in [0.05, 0.1) is 0 Å². The number of hydrogen-bond donors (Lipinski definition) is 0. The number of carbonyl (C=O) groups is 3. The maximum atomic E-state index is 12.6. The lowest BCUT2D eigenvalue weighted by molar-refractivity contribution is -0.167. The maximum absolute atomic E-state index is 12.6. The highest BCUT2D eigenvalue weighted by Gasteiger charge is 2.19. The monoisotopic (exact) mass is 757 g/mol. The van der Waals surface area contributed by atoms with Crippen molar-refractivity contribution in [3.63, 3.8) is 0 Å². The van der Waals surface area contributed by atoms with Crippen LogP contribution >= 0.6 is 0 Å².